The summed E-state index contributed by atoms with van der Waals surface area (Å²) in [6, 6.07) is 6.22. The minimum atomic E-state index is -0.0623. The molecule has 1 heterocycles. The number of nitrogens with zero attached hydrogens (tertiary/aromatic N) is 2. The predicted molar refractivity (Wildman–Crippen MR) is 98.6 cm³/mol. The third kappa shape index (κ3) is 4.64. The van der Waals surface area contributed by atoms with Gasteiger partial charge < -0.3 is 4.57 Å². The molecule has 0 aliphatic heterocycles. The van der Waals surface area contributed by atoms with Gasteiger partial charge in [0.2, 0.25) is 0 Å². The number of halogens is 2. The third-order valence-electron chi connectivity index (χ3n) is 3.58. The van der Waals surface area contributed by atoms with E-state index in [1.54, 1.807) is 0 Å². The zero-order chi connectivity index (χ0) is 15.2. The minimum Gasteiger partial charge on any atom is -0.327 e. The van der Waals surface area contributed by atoms with E-state index in [0.29, 0.717) is 0 Å². The van der Waals surface area contributed by atoms with E-state index >= 15 is 0 Å². The van der Waals surface area contributed by atoms with E-state index in [1.165, 1.54) is 37.0 Å². The van der Waals surface area contributed by atoms with Crippen molar-refractivity contribution in [3.05, 3.63) is 28.5 Å². The van der Waals surface area contributed by atoms with E-state index in [2.05, 4.69) is 43.9 Å². The molecule has 1 aromatic heterocycles. The normalized spacial score (nSPS) is 13.0. The van der Waals surface area contributed by atoms with Gasteiger partial charge in [-0.15, -0.1) is 11.6 Å². The number of aromatic nitrogens is 2. The Balaban J connectivity index is 2.09. The molecular weight excluding hydrogens is 368 g/mol. The first kappa shape index (κ1) is 17.2. The first-order chi connectivity index (χ1) is 10.1. The molecule has 5 heteroatoms. The Hall–Kier alpha value is -0.190. The lowest BCUT2D eigenvalue weighted by Gasteiger charge is -2.10. The van der Waals surface area contributed by atoms with Gasteiger partial charge >= 0.3 is 0 Å². The molecule has 0 aliphatic carbocycles. The van der Waals surface area contributed by atoms with Gasteiger partial charge in [0.05, 0.1) is 16.4 Å². The average Bonchev–Trinajstić information content (AvgIpc) is 2.81. The molecule has 0 radical (unpaired) electrons. The topological polar surface area (TPSA) is 17.8 Å². The summed E-state index contributed by atoms with van der Waals surface area (Å²) >= 11 is 11.8. The maximum absolute atomic E-state index is 6.30. The molecule has 116 valence electrons. The van der Waals surface area contributed by atoms with E-state index in [9.17, 15) is 0 Å². The van der Waals surface area contributed by atoms with Gasteiger partial charge in [0.25, 0.3) is 0 Å². The lowest BCUT2D eigenvalue weighted by molar-refractivity contribution is 0.575. The Kier molecular flexibility index (Phi) is 6.90. The van der Waals surface area contributed by atoms with Gasteiger partial charge in [-0.05, 0) is 50.0 Å². The standard InChI is InChI=1S/C16H22BrClN2S/c1-12(18)16-19-14-8-7-13(17)11-15(14)20(16)9-5-3-4-6-10-21-2/h7-8,11-12H,3-6,9-10H2,1-2H3. The second kappa shape index (κ2) is 8.44. The van der Waals surface area contributed by atoms with Crippen LogP contribution in [-0.4, -0.2) is 21.6 Å². The highest BCUT2D eigenvalue weighted by molar-refractivity contribution is 9.10. The highest BCUT2D eigenvalue weighted by Gasteiger charge is 2.14. The van der Waals surface area contributed by atoms with Crippen molar-refractivity contribution in [2.45, 2.75) is 44.5 Å². The molecule has 1 aromatic carbocycles. The molecule has 0 fully saturated rings. The van der Waals surface area contributed by atoms with Crippen molar-refractivity contribution in [2.24, 2.45) is 0 Å². The molecule has 2 nitrogen and oxygen atoms in total. The predicted octanol–water partition coefficient (Wildman–Crippen LogP) is 6.02. The lowest BCUT2D eigenvalue weighted by Crippen LogP contribution is -2.04. The van der Waals surface area contributed by atoms with Crippen molar-refractivity contribution in [2.75, 3.05) is 12.0 Å². The number of alkyl halides is 1. The third-order valence-corrected chi connectivity index (χ3v) is 4.96. The molecule has 0 spiro atoms. The maximum Gasteiger partial charge on any atom is 0.127 e. The molecule has 1 unspecified atom stereocenters. The van der Waals surface area contributed by atoms with Crippen molar-refractivity contribution in [3.63, 3.8) is 0 Å². The first-order valence-electron chi connectivity index (χ1n) is 7.42. The van der Waals surface area contributed by atoms with Crippen LogP contribution in [0.25, 0.3) is 11.0 Å². The van der Waals surface area contributed by atoms with Gasteiger partial charge in [0.15, 0.2) is 0 Å². The summed E-state index contributed by atoms with van der Waals surface area (Å²) in [7, 11) is 0. The quantitative estimate of drug-likeness (QED) is 0.405. The van der Waals surface area contributed by atoms with Crippen LogP contribution in [0.4, 0.5) is 0 Å². The summed E-state index contributed by atoms with van der Waals surface area (Å²) in [5.74, 6) is 2.25. The van der Waals surface area contributed by atoms with Crippen molar-refractivity contribution in [3.8, 4) is 0 Å². The van der Waals surface area contributed by atoms with E-state index in [0.717, 1.165) is 22.4 Å². The number of imidazole rings is 1. The summed E-state index contributed by atoms with van der Waals surface area (Å²) in [6.07, 6.45) is 7.25. The van der Waals surface area contributed by atoms with Gasteiger partial charge in [0.1, 0.15) is 5.82 Å². The Labute approximate surface area is 144 Å². The SMILES string of the molecule is CSCCCCCCn1c(C(C)Cl)nc2ccc(Br)cc21. The summed E-state index contributed by atoms with van der Waals surface area (Å²) in [5.41, 5.74) is 2.21. The number of hydrogen-bond acceptors (Lipinski definition) is 2. The van der Waals surface area contributed by atoms with Crippen LogP contribution in [0.5, 0.6) is 0 Å². The second-order valence-electron chi connectivity index (χ2n) is 5.28. The smallest absolute Gasteiger partial charge is 0.127 e. The fourth-order valence-corrected chi connectivity index (χ4v) is 3.53. The van der Waals surface area contributed by atoms with Crippen molar-refractivity contribution in [1.29, 1.82) is 0 Å². The number of unbranched alkanes of at least 4 members (excludes halogenated alkanes) is 3. The monoisotopic (exact) mass is 388 g/mol. The van der Waals surface area contributed by atoms with Crippen LogP contribution < -0.4 is 0 Å². The number of rotatable bonds is 8. The van der Waals surface area contributed by atoms with Crippen molar-refractivity contribution < 1.29 is 0 Å². The molecule has 0 aliphatic rings. The van der Waals surface area contributed by atoms with Crippen LogP contribution >= 0.6 is 39.3 Å². The molecule has 0 saturated carbocycles. The number of fused-ring (bicyclic) bond motifs is 1. The fraction of sp³-hybridized carbons (Fsp3) is 0.562. The zero-order valence-corrected chi connectivity index (χ0v) is 15.8. The Bertz CT molecular complexity index is 583. The van der Waals surface area contributed by atoms with Crippen LogP contribution in [0.3, 0.4) is 0 Å². The molecule has 2 aromatic rings. The highest BCUT2D eigenvalue weighted by atomic mass is 79.9. The largest absolute Gasteiger partial charge is 0.327 e. The number of thioether (sulfide) groups is 1. The molecule has 21 heavy (non-hydrogen) atoms. The average molecular weight is 390 g/mol. The molecule has 0 saturated heterocycles. The molecule has 0 N–H and O–H groups in total. The molecule has 1 atom stereocenters. The summed E-state index contributed by atoms with van der Waals surface area (Å²) < 4.78 is 3.37. The van der Waals surface area contributed by atoms with Crippen LogP contribution in [0, 0.1) is 0 Å². The van der Waals surface area contributed by atoms with Crippen LogP contribution in [-0.2, 0) is 6.54 Å². The number of hydrogen-bond donors (Lipinski definition) is 0. The van der Waals surface area contributed by atoms with Crippen LogP contribution in [0.15, 0.2) is 22.7 Å². The van der Waals surface area contributed by atoms with E-state index < -0.39 is 0 Å². The Morgan fingerprint density at radius 3 is 2.76 bits per heavy atom. The Morgan fingerprint density at radius 2 is 2.05 bits per heavy atom. The zero-order valence-electron chi connectivity index (χ0n) is 12.6. The number of aryl methyl sites for hydroxylation is 1. The second-order valence-corrected chi connectivity index (χ2v) is 7.83. The molecular formula is C16H22BrClN2S. The van der Waals surface area contributed by atoms with Gasteiger partial charge in [-0.25, -0.2) is 4.98 Å². The van der Waals surface area contributed by atoms with Crippen LogP contribution in [0.2, 0.25) is 0 Å². The van der Waals surface area contributed by atoms with Gasteiger partial charge in [0, 0.05) is 11.0 Å². The highest BCUT2D eigenvalue weighted by Crippen LogP contribution is 2.27. The Morgan fingerprint density at radius 1 is 1.29 bits per heavy atom. The molecule has 2 rings (SSSR count). The first-order valence-corrected chi connectivity index (χ1v) is 10.0. The maximum atomic E-state index is 6.30. The minimum absolute atomic E-state index is 0.0623. The van der Waals surface area contributed by atoms with Crippen LogP contribution in [0.1, 0.15) is 43.8 Å². The van der Waals surface area contributed by atoms with Crippen molar-refractivity contribution >= 4 is 50.3 Å². The lowest BCUT2D eigenvalue weighted by atomic mass is 10.2. The van der Waals surface area contributed by atoms with Crippen molar-refractivity contribution in [1.82, 2.24) is 9.55 Å². The van der Waals surface area contributed by atoms with Gasteiger partial charge in [-0.1, -0.05) is 28.8 Å². The van der Waals surface area contributed by atoms with Gasteiger partial charge in [-0.3, -0.25) is 0 Å². The summed E-state index contributed by atoms with van der Waals surface area (Å²) in [4.78, 5) is 4.69. The summed E-state index contributed by atoms with van der Waals surface area (Å²) in [6.45, 7) is 2.99. The summed E-state index contributed by atoms with van der Waals surface area (Å²) in [5, 5.41) is -0.0623. The molecule has 0 amide bonds. The number of benzene rings is 1. The van der Waals surface area contributed by atoms with E-state index in [1.807, 2.05) is 24.8 Å². The molecule has 0 bridgehead atoms. The fourth-order valence-electron chi connectivity index (χ4n) is 2.52. The van der Waals surface area contributed by atoms with E-state index in [-0.39, 0.29) is 5.38 Å². The van der Waals surface area contributed by atoms with E-state index in [4.69, 9.17) is 11.6 Å². The van der Waals surface area contributed by atoms with Gasteiger partial charge in [-0.2, -0.15) is 11.8 Å².